The molecule has 11 heteroatoms. The summed E-state index contributed by atoms with van der Waals surface area (Å²) in [4.78, 5) is 46.9. The van der Waals surface area contributed by atoms with Crippen LogP contribution >= 0.6 is 0 Å². The summed E-state index contributed by atoms with van der Waals surface area (Å²) >= 11 is 0. The van der Waals surface area contributed by atoms with Crippen LogP contribution in [0.2, 0.25) is 0 Å². The smallest absolute Gasteiger partial charge is 0.340 e. The molecule has 14 atom stereocenters. The van der Waals surface area contributed by atoms with Gasteiger partial charge in [-0.2, -0.15) is 0 Å². The van der Waals surface area contributed by atoms with Crippen LogP contribution in [0.1, 0.15) is 199 Å². The molecule has 3 saturated carbocycles. The number of hydrogen-bond donors (Lipinski definition) is 3. The maximum atomic E-state index is 16.2. The highest BCUT2D eigenvalue weighted by atomic mass is 16.6. The second-order valence-corrected chi connectivity index (χ2v) is 28.7. The molecular weight excluding hydrogens is 1120 g/mol. The van der Waals surface area contributed by atoms with Gasteiger partial charge in [-0.3, -0.25) is 4.79 Å². The minimum absolute atomic E-state index is 0.0150. The molecule has 11 nitrogen and oxygen atoms in total. The molecule has 3 N–H and O–H groups in total. The number of esters is 2. The summed E-state index contributed by atoms with van der Waals surface area (Å²) in [6.07, 6.45) is 21.7. The Balaban J connectivity index is 0.902. The molecule has 0 radical (unpaired) electrons. The number of carbonyl (C=O) groups is 2. The first kappa shape index (κ1) is 58.2. The van der Waals surface area contributed by atoms with Crippen LogP contribution in [0.3, 0.4) is 0 Å². The van der Waals surface area contributed by atoms with Crippen LogP contribution in [0.15, 0.2) is 136 Å². The van der Waals surface area contributed by atoms with Crippen molar-refractivity contribution in [3.05, 3.63) is 209 Å². The number of aliphatic hydroxyl groups is 3. The molecule has 5 aromatic carbocycles. The number of rotatable bonds is 8. The molecule has 3 aliphatic heterocycles. The average molecular weight is 1210 g/mol. The van der Waals surface area contributed by atoms with Crippen molar-refractivity contribution in [2.45, 2.75) is 176 Å². The van der Waals surface area contributed by atoms with Crippen LogP contribution in [-0.4, -0.2) is 65.9 Å². The standard InChI is InChI=1S/C79H84O11/c1-45(42-81)56-26-21-46-18-19-50-38-49(46)32-36-77-34-9-35-78(68(77)41-62-58-14-5-3-10-47(58)23-30-65(62)77)74(89-75(56)84)73(71-67(90-78)31-29-61-63(43-82)70(76(85)88-72(61)71)52(33-37-80)44-86-2)87-69(83)40-53-39-51(22-27-57(50)53)59-15-8-17-66-60(59)28-25-55-13-7-12-54-24-20-48-11-4-6-16-64(48)79(54,55)66/h3-6,8,10-11,14-19,22-23,27,29-31,38,51-55,57,62,65,68,73-74,80-82H,7,9,12-13,20-21,24-26,28,32-37,39-44H2,1-2H3. The Hall–Kier alpha value is -6.89. The molecule has 2 spiro atoms. The SMILES string of the molecule is COCC(CCO)c1c(CO)c2ccc3c(c2oc1=O)C1OC(=O)CC2CC(c4cccc5c4CCC4CCCC6CCc7ccccc7C564)C=CC2c2ccc4c(c2)CCC25CCCC(O3)(C1OC(=O)C(=C(C)CO)CC4)C2CC1c2ccccc2C=CC15. The van der Waals surface area contributed by atoms with Gasteiger partial charge >= 0.3 is 17.6 Å². The molecule has 4 heterocycles. The highest BCUT2D eigenvalue weighted by Gasteiger charge is 2.70. The zero-order valence-electron chi connectivity index (χ0n) is 52.1. The number of allylic oxidation sites excluding steroid dienone is 3. The third-order valence-electron chi connectivity index (χ3n) is 25.0. The molecule has 3 fully saturated rings. The number of fused-ring (bicyclic) bond motifs is 13. The lowest BCUT2D eigenvalue weighted by Crippen LogP contribution is -2.65. The Bertz CT molecular complexity index is 4020. The second-order valence-electron chi connectivity index (χ2n) is 28.7. The van der Waals surface area contributed by atoms with Crippen molar-refractivity contribution >= 4 is 29.0 Å². The van der Waals surface area contributed by atoms with Gasteiger partial charge in [0.2, 0.25) is 0 Å². The van der Waals surface area contributed by atoms with E-state index in [1.165, 1.54) is 71.7 Å². The van der Waals surface area contributed by atoms with E-state index in [9.17, 15) is 20.1 Å². The second kappa shape index (κ2) is 22.7. The Morgan fingerprint density at radius 1 is 0.744 bits per heavy atom. The topological polar surface area (TPSA) is 162 Å². The molecular formula is C79H84O11. The van der Waals surface area contributed by atoms with Gasteiger partial charge < -0.3 is 38.7 Å². The van der Waals surface area contributed by atoms with Crippen LogP contribution in [0.5, 0.6) is 5.75 Å². The van der Waals surface area contributed by atoms with Crippen molar-refractivity contribution in [2.24, 2.45) is 35.0 Å². The van der Waals surface area contributed by atoms with E-state index in [2.05, 4.69) is 109 Å². The van der Waals surface area contributed by atoms with Gasteiger partial charge in [0, 0.05) is 65.7 Å². The zero-order valence-corrected chi connectivity index (χ0v) is 52.1. The van der Waals surface area contributed by atoms with Crippen LogP contribution in [0.4, 0.5) is 0 Å². The van der Waals surface area contributed by atoms with E-state index in [1.807, 2.05) is 12.1 Å². The summed E-state index contributed by atoms with van der Waals surface area (Å²) in [6, 6.07) is 35.9. The fourth-order valence-electron chi connectivity index (χ4n) is 21.3. The van der Waals surface area contributed by atoms with Crippen LogP contribution in [-0.2, 0) is 61.5 Å². The van der Waals surface area contributed by atoms with Gasteiger partial charge in [0.1, 0.15) is 11.3 Å². The molecule has 90 heavy (non-hydrogen) atoms. The van der Waals surface area contributed by atoms with E-state index in [4.69, 9.17) is 23.4 Å². The van der Waals surface area contributed by atoms with E-state index in [0.29, 0.717) is 65.4 Å². The average Bonchev–Trinajstić information content (AvgIpc) is 1.33. The summed E-state index contributed by atoms with van der Waals surface area (Å²) in [5, 5.41) is 33.1. The van der Waals surface area contributed by atoms with Gasteiger partial charge in [-0.05, 0) is 224 Å². The lowest BCUT2D eigenvalue weighted by molar-refractivity contribution is -0.221. The Kier molecular flexibility index (Phi) is 14.7. The summed E-state index contributed by atoms with van der Waals surface area (Å²) in [5.41, 5.74) is 12.9. The first-order valence-corrected chi connectivity index (χ1v) is 34.0. The van der Waals surface area contributed by atoms with Crippen molar-refractivity contribution in [2.75, 3.05) is 26.9 Å². The number of ether oxygens (including phenoxy) is 4. The van der Waals surface area contributed by atoms with Gasteiger partial charge in [-0.25, -0.2) is 9.59 Å². The number of benzene rings is 5. The van der Waals surface area contributed by atoms with Crippen LogP contribution in [0, 0.1) is 35.0 Å². The number of carbonyl (C=O) groups excluding carboxylic acids is 2. The van der Waals surface area contributed by atoms with E-state index in [1.54, 1.807) is 12.5 Å². The molecule has 16 rings (SSSR count). The first-order valence-electron chi connectivity index (χ1n) is 34.0. The predicted molar refractivity (Wildman–Crippen MR) is 344 cm³/mol. The summed E-state index contributed by atoms with van der Waals surface area (Å²) < 4.78 is 34.7. The molecule has 6 aromatic rings. The van der Waals surface area contributed by atoms with Crippen molar-refractivity contribution in [3.63, 3.8) is 0 Å². The van der Waals surface area contributed by atoms with Gasteiger partial charge in [0.15, 0.2) is 17.8 Å². The first-order chi connectivity index (χ1) is 44.0. The predicted octanol–water partition coefficient (Wildman–Crippen LogP) is 14.0. The third-order valence-corrected chi connectivity index (χ3v) is 25.0. The minimum Gasteiger partial charge on any atom is -0.482 e. The third kappa shape index (κ3) is 8.81. The molecule has 1 aromatic heterocycles. The number of aliphatic hydroxyl groups excluding tert-OH is 3. The molecule has 10 aliphatic rings. The minimum atomic E-state index is -1.34. The van der Waals surface area contributed by atoms with E-state index in [0.717, 1.165) is 62.5 Å². The van der Waals surface area contributed by atoms with Gasteiger partial charge in [-0.15, -0.1) is 0 Å². The van der Waals surface area contributed by atoms with Crippen molar-refractivity contribution in [1.29, 1.82) is 0 Å². The fourth-order valence-corrected chi connectivity index (χ4v) is 21.3. The lowest BCUT2D eigenvalue weighted by atomic mass is 9.46. The molecule has 466 valence electrons. The monoisotopic (exact) mass is 1210 g/mol. The molecule has 0 amide bonds. The van der Waals surface area contributed by atoms with E-state index < -0.39 is 47.9 Å². The largest absolute Gasteiger partial charge is 0.482 e. The summed E-state index contributed by atoms with van der Waals surface area (Å²) in [7, 11) is 1.53. The molecule has 7 aliphatic carbocycles. The summed E-state index contributed by atoms with van der Waals surface area (Å²) in [6.45, 7) is 0.759. The molecule has 6 bridgehead atoms. The highest BCUT2D eigenvalue weighted by Crippen LogP contribution is 2.71. The zero-order chi connectivity index (χ0) is 61.2. The maximum absolute atomic E-state index is 16.2. The Morgan fingerprint density at radius 2 is 1.57 bits per heavy atom. The quantitative estimate of drug-likeness (QED) is 0.0576. The van der Waals surface area contributed by atoms with Gasteiger partial charge in [0.25, 0.3) is 0 Å². The van der Waals surface area contributed by atoms with Crippen molar-refractivity contribution < 1.29 is 48.3 Å². The van der Waals surface area contributed by atoms with E-state index in [-0.39, 0.29) is 95.7 Å². The number of methoxy groups -OCH3 is 1. The Labute approximate surface area is 527 Å². The normalized spacial score (nSPS) is 32.7. The molecule has 14 unspecified atom stereocenters. The van der Waals surface area contributed by atoms with Gasteiger partial charge in [0.05, 0.1) is 25.4 Å². The molecule has 0 saturated heterocycles. The lowest BCUT2D eigenvalue weighted by Gasteiger charge is -2.58. The number of aryl methyl sites for hydroxylation is 3. The van der Waals surface area contributed by atoms with E-state index >= 15 is 9.59 Å². The number of hydrogen-bond acceptors (Lipinski definition) is 11. The van der Waals surface area contributed by atoms with Crippen molar-refractivity contribution in [1.82, 2.24) is 0 Å². The maximum Gasteiger partial charge on any atom is 0.340 e. The summed E-state index contributed by atoms with van der Waals surface area (Å²) in [5.74, 6) is -0.400. The van der Waals surface area contributed by atoms with Crippen molar-refractivity contribution in [3.8, 4) is 5.75 Å². The van der Waals surface area contributed by atoms with Crippen LogP contribution < -0.4 is 10.4 Å². The highest BCUT2D eigenvalue weighted by molar-refractivity contribution is 5.91. The fraction of sp³-hybridized carbons (Fsp3) is 0.481. The van der Waals surface area contributed by atoms with Gasteiger partial charge in [-0.1, -0.05) is 116 Å². The van der Waals surface area contributed by atoms with Crippen LogP contribution in [0.25, 0.3) is 17.0 Å². The Morgan fingerprint density at radius 3 is 2.41 bits per heavy atom.